The van der Waals surface area contributed by atoms with E-state index in [1.165, 1.54) is 0 Å². The van der Waals surface area contributed by atoms with E-state index in [0.29, 0.717) is 0 Å². The Bertz CT molecular complexity index is 458. The Balaban J connectivity index is 1.93. The van der Waals surface area contributed by atoms with Gasteiger partial charge >= 0.3 is 0 Å². The van der Waals surface area contributed by atoms with Crippen molar-refractivity contribution in [3.8, 4) is 5.75 Å². The smallest absolute Gasteiger partial charge is 0.124 e. The van der Waals surface area contributed by atoms with E-state index in [4.69, 9.17) is 15.2 Å². The molecule has 1 aromatic rings. The maximum Gasteiger partial charge on any atom is 0.124 e. The van der Waals surface area contributed by atoms with Gasteiger partial charge in [0, 0.05) is 30.9 Å². The highest BCUT2D eigenvalue weighted by Crippen LogP contribution is 2.46. The van der Waals surface area contributed by atoms with Crippen LogP contribution in [0.5, 0.6) is 5.75 Å². The topological polar surface area (TPSA) is 44.5 Å². The van der Waals surface area contributed by atoms with E-state index in [1.807, 2.05) is 18.2 Å². The van der Waals surface area contributed by atoms with E-state index in [0.717, 1.165) is 37.2 Å². The lowest BCUT2D eigenvalue weighted by molar-refractivity contribution is -0.141. The Hall–Kier alpha value is -1.06. The van der Waals surface area contributed by atoms with Gasteiger partial charge in [-0.15, -0.1) is 0 Å². The molecule has 0 amide bonds. The highest BCUT2D eigenvalue weighted by Gasteiger charge is 2.46. The van der Waals surface area contributed by atoms with Crippen LogP contribution < -0.4 is 10.5 Å². The SMILES string of the molecule is CC1(C)CC2(CCO1)C[C@H](N)c1ccccc1O2. The Kier molecular flexibility index (Phi) is 2.65. The van der Waals surface area contributed by atoms with Crippen molar-refractivity contribution in [2.75, 3.05) is 6.61 Å². The molecule has 2 atom stereocenters. The number of para-hydroxylation sites is 1. The third-order valence-electron chi connectivity index (χ3n) is 4.04. The van der Waals surface area contributed by atoms with Crippen molar-refractivity contribution in [3.05, 3.63) is 29.8 Å². The van der Waals surface area contributed by atoms with Gasteiger partial charge in [-0.3, -0.25) is 0 Å². The van der Waals surface area contributed by atoms with Crippen LogP contribution >= 0.6 is 0 Å². The van der Waals surface area contributed by atoms with Gasteiger partial charge in [0.2, 0.25) is 0 Å². The second-order valence-electron chi connectivity index (χ2n) is 6.17. The Morgan fingerprint density at radius 3 is 2.83 bits per heavy atom. The molecule has 0 saturated carbocycles. The molecular formula is C15H21NO2. The average molecular weight is 247 g/mol. The average Bonchev–Trinajstić information content (AvgIpc) is 2.27. The zero-order valence-corrected chi connectivity index (χ0v) is 11.1. The van der Waals surface area contributed by atoms with E-state index >= 15 is 0 Å². The molecule has 0 radical (unpaired) electrons. The Morgan fingerprint density at radius 2 is 2.06 bits per heavy atom. The molecular weight excluding hydrogens is 226 g/mol. The number of fused-ring (bicyclic) bond motifs is 1. The maximum absolute atomic E-state index is 6.32. The zero-order valence-electron chi connectivity index (χ0n) is 11.1. The van der Waals surface area contributed by atoms with Crippen LogP contribution in [0.25, 0.3) is 0 Å². The third kappa shape index (κ3) is 2.02. The number of ether oxygens (including phenoxy) is 2. The van der Waals surface area contributed by atoms with Crippen molar-refractivity contribution in [2.45, 2.75) is 50.4 Å². The van der Waals surface area contributed by atoms with Crippen molar-refractivity contribution in [1.82, 2.24) is 0 Å². The first kappa shape index (κ1) is 12.0. The predicted octanol–water partition coefficient (Wildman–Crippen LogP) is 2.80. The Labute approximate surface area is 108 Å². The fourth-order valence-electron chi connectivity index (χ4n) is 3.36. The Morgan fingerprint density at radius 1 is 1.28 bits per heavy atom. The molecule has 2 heterocycles. The minimum Gasteiger partial charge on any atom is -0.487 e. The summed E-state index contributed by atoms with van der Waals surface area (Å²) in [4.78, 5) is 0. The van der Waals surface area contributed by atoms with Crippen LogP contribution in [0, 0.1) is 0 Å². The molecule has 18 heavy (non-hydrogen) atoms. The summed E-state index contributed by atoms with van der Waals surface area (Å²) in [6.07, 6.45) is 2.72. The fourth-order valence-corrected chi connectivity index (χ4v) is 3.36. The number of nitrogens with two attached hydrogens (primary N) is 1. The van der Waals surface area contributed by atoms with E-state index < -0.39 is 0 Å². The number of hydrogen-bond donors (Lipinski definition) is 1. The van der Waals surface area contributed by atoms with Gasteiger partial charge in [-0.1, -0.05) is 18.2 Å². The summed E-state index contributed by atoms with van der Waals surface area (Å²) in [6, 6.07) is 8.20. The van der Waals surface area contributed by atoms with Crippen LogP contribution in [0.3, 0.4) is 0 Å². The number of rotatable bonds is 0. The molecule has 3 rings (SSSR count). The van der Waals surface area contributed by atoms with Crippen molar-refractivity contribution in [3.63, 3.8) is 0 Å². The maximum atomic E-state index is 6.32. The summed E-state index contributed by atoms with van der Waals surface area (Å²) in [5.41, 5.74) is 7.19. The van der Waals surface area contributed by atoms with Crippen molar-refractivity contribution in [1.29, 1.82) is 0 Å². The predicted molar refractivity (Wildman–Crippen MR) is 70.6 cm³/mol. The molecule has 0 aromatic heterocycles. The van der Waals surface area contributed by atoms with Gasteiger partial charge in [0.1, 0.15) is 11.4 Å². The van der Waals surface area contributed by atoms with Gasteiger partial charge in [0.25, 0.3) is 0 Å². The first-order chi connectivity index (χ1) is 8.50. The highest BCUT2D eigenvalue weighted by molar-refractivity contribution is 5.38. The molecule has 3 heteroatoms. The van der Waals surface area contributed by atoms with E-state index in [-0.39, 0.29) is 17.2 Å². The van der Waals surface area contributed by atoms with Gasteiger partial charge in [0.05, 0.1) is 12.2 Å². The van der Waals surface area contributed by atoms with Crippen LogP contribution in [-0.4, -0.2) is 17.8 Å². The number of benzene rings is 1. The minimum atomic E-state index is -0.143. The van der Waals surface area contributed by atoms with Crippen molar-refractivity contribution < 1.29 is 9.47 Å². The zero-order chi connectivity index (χ0) is 12.8. The standard InChI is InChI=1S/C15H21NO2/c1-14(2)10-15(7-8-17-14)9-12(16)11-5-3-4-6-13(11)18-15/h3-6,12H,7-10,16H2,1-2H3/t12-,15?/m0/s1. The van der Waals surface area contributed by atoms with Gasteiger partial charge in [0.15, 0.2) is 0 Å². The second kappa shape index (κ2) is 3.97. The van der Waals surface area contributed by atoms with Gasteiger partial charge < -0.3 is 15.2 Å². The molecule has 0 aliphatic carbocycles. The summed E-state index contributed by atoms with van der Waals surface area (Å²) in [7, 11) is 0. The first-order valence-corrected chi connectivity index (χ1v) is 6.67. The van der Waals surface area contributed by atoms with E-state index in [2.05, 4.69) is 19.9 Å². The second-order valence-corrected chi connectivity index (χ2v) is 6.17. The quantitative estimate of drug-likeness (QED) is 0.766. The molecule has 1 aromatic carbocycles. The molecule has 1 fully saturated rings. The lowest BCUT2D eigenvalue weighted by Gasteiger charge is -2.48. The van der Waals surface area contributed by atoms with Crippen molar-refractivity contribution >= 4 is 0 Å². The van der Waals surface area contributed by atoms with Crippen LogP contribution in [0.15, 0.2) is 24.3 Å². The molecule has 2 aliphatic heterocycles. The monoisotopic (exact) mass is 247 g/mol. The molecule has 98 valence electrons. The molecule has 2 aliphatic rings. The fraction of sp³-hybridized carbons (Fsp3) is 0.600. The summed E-state index contributed by atoms with van der Waals surface area (Å²) in [5, 5.41) is 0. The van der Waals surface area contributed by atoms with Crippen LogP contribution in [0.2, 0.25) is 0 Å². The van der Waals surface area contributed by atoms with Gasteiger partial charge in [-0.05, 0) is 19.9 Å². The summed E-state index contributed by atoms with van der Waals surface area (Å²) < 4.78 is 12.1. The van der Waals surface area contributed by atoms with Gasteiger partial charge in [-0.2, -0.15) is 0 Å². The normalized spacial score (nSPS) is 33.8. The number of hydrogen-bond acceptors (Lipinski definition) is 3. The summed E-state index contributed by atoms with van der Waals surface area (Å²) in [6.45, 7) is 5.01. The van der Waals surface area contributed by atoms with Gasteiger partial charge in [-0.25, -0.2) is 0 Å². The highest BCUT2D eigenvalue weighted by atomic mass is 16.5. The molecule has 3 nitrogen and oxygen atoms in total. The molecule has 2 N–H and O–H groups in total. The third-order valence-corrected chi connectivity index (χ3v) is 4.04. The molecule has 0 bridgehead atoms. The largest absolute Gasteiger partial charge is 0.487 e. The van der Waals surface area contributed by atoms with E-state index in [1.54, 1.807) is 0 Å². The molecule has 1 spiro atoms. The van der Waals surface area contributed by atoms with E-state index in [9.17, 15) is 0 Å². The minimum absolute atomic E-state index is 0.0730. The lowest BCUT2D eigenvalue weighted by atomic mass is 9.77. The first-order valence-electron chi connectivity index (χ1n) is 6.67. The van der Waals surface area contributed by atoms with Crippen molar-refractivity contribution in [2.24, 2.45) is 5.73 Å². The molecule has 1 saturated heterocycles. The van der Waals surface area contributed by atoms with Crippen LogP contribution in [0.1, 0.15) is 44.7 Å². The summed E-state index contributed by atoms with van der Waals surface area (Å²) >= 11 is 0. The molecule has 1 unspecified atom stereocenters. The summed E-state index contributed by atoms with van der Waals surface area (Å²) in [5.74, 6) is 0.953. The lowest BCUT2D eigenvalue weighted by Crippen LogP contribution is -2.52. The van der Waals surface area contributed by atoms with Crippen LogP contribution in [0.4, 0.5) is 0 Å². The van der Waals surface area contributed by atoms with Crippen LogP contribution in [-0.2, 0) is 4.74 Å².